The van der Waals surface area contributed by atoms with Gasteiger partial charge in [0, 0.05) is 0 Å². The van der Waals surface area contributed by atoms with Crippen LogP contribution in [-0.2, 0) is 9.53 Å². The molecule has 2 N–H and O–H groups in total. The number of carbonyl (C=O) groups excluding carboxylic acids is 2. The lowest BCUT2D eigenvalue weighted by Gasteiger charge is -2.05. The fourth-order valence-corrected chi connectivity index (χ4v) is 1.26. The minimum absolute atomic E-state index is 0.125. The van der Waals surface area contributed by atoms with E-state index in [1.165, 1.54) is 0 Å². The predicted molar refractivity (Wildman–Crippen MR) is 73.0 cm³/mol. The molecule has 0 aliphatic rings. The number of benzene rings is 1. The van der Waals surface area contributed by atoms with E-state index in [9.17, 15) is 9.59 Å². The van der Waals surface area contributed by atoms with Crippen LogP contribution in [0, 0.1) is 18.3 Å². The molecule has 104 valence electrons. The Bertz CT molecular complexity index is 575. The van der Waals surface area contributed by atoms with Gasteiger partial charge in [0.15, 0.2) is 0 Å². The summed E-state index contributed by atoms with van der Waals surface area (Å²) in [5.41, 5.74) is 3.69. The number of imide groups is 1. The fraction of sp³-hybridized carbons (Fsp3) is 0.231. The summed E-state index contributed by atoms with van der Waals surface area (Å²) < 4.78 is 4.53. The molecule has 0 heterocycles. The summed E-state index contributed by atoms with van der Waals surface area (Å²) in [6, 6.07) is 8.84. The molecule has 0 radical (unpaired) electrons. The molecule has 0 spiro atoms. The van der Waals surface area contributed by atoms with E-state index in [1.54, 1.807) is 25.1 Å². The van der Waals surface area contributed by atoms with E-state index in [4.69, 9.17) is 5.26 Å². The normalized spacial score (nSPS) is 10.3. The number of nitriles is 1. The Morgan fingerprint density at radius 2 is 2.10 bits per heavy atom. The van der Waals surface area contributed by atoms with Gasteiger partial charge in [-0.25, -0.2) is 4.79 Å². The topological polar surface area (TPSA) is 104 Å². The van der Waals surface area contributed by atoms with E-state index in [-0.39, 0.29) is 6.61 Å². The molecule has 0 saturated heterocycles. The molecule has 0 fully saturated rings. The minimum Gasteiger partial charge on any atom is -0.450 e. The highest BCUT2D eigenvalue weighted by molar-refractivity contribution is 6.46. The molecule has 0 atom stereocenters. The predicted octanol–water partition coefficient (Wildman–Crippen LogP) is 1.56. The van der Waals surface area contributed by atoms with Gasteiger partial charge >= 0.3 is 6.09 Å². The maximum atomic E-state index is 11.6. The molecular formula is C13H14N4O3. The Morgan fingerprint density at radius 1 is 1.40 bits per heavy atom. The van der Waals surface area contributed by atoms with Crippen molar-refractivity contribution in [2.24, 2.45) is 5.10 Å². The zero-order valence-electron chi connectivity index (χ0n) is 11.1. The molecule has 20 heavy (non-hydrogen) atoms. The number of rotatable bonds is 4. The second-order valence-electron chi connectivity index (χ2n) is 3.67. The average molecular weight is 274 g/mol. The van der Waals surface area contributed by atoms with Crippen molar-refractivity contribution in [3.05, 3.63) is 29.8 Å². The van der Waals surface area contributed by atoms with Crippen LogP contribution >= 0.6 is 0 Å². The quantitative estimate of drug-likeness (QED) is 0.640. The summed E-state index contributed by atoms with van der Waals surface area (Å²) in [6.45, 7) is 3.57. The molecule has 1 rings (SSSR count). The molecule has 1 aromatic rings. The first kappa shape index (κ1) is 15.2. The maximum absolute atomic E-state index is 11.6. The number of hydrogen-bond acceptors (Lipinski definition) is 6. The van der Waals surface area contributed by atoms with Gasteiger partial charge in [-0.1, -0.05) is 18.2 Å². The van der Waals surface area contributed by atoms with Crippen LogP contribution in [0.1, 0.15) is 12.5 Å². The molecule has 2 amide bonds. The monoisotopic (exact) mass is 274 g/mol. The van der Waals surface area contributed by atoms with Crippen LogP contribution in [-0.4, -0.2) is 24.3 Å². The van der Waals surface area contributed by atoms with E-state index < -0.39 is 17.7 Å². The lowest BCUT2D eigenvalue weighted by atomic mass is 10.2. The third kappa shape index (κ3) is 4.42. The van der Waals surface area contributed by atoms with Crippen LogP contribution in [0.2, 0.25) is 0 Å². The van der Waals surface area contributed by atoms with E-state index in [2.05, 4.69) is 15.3 Å². The Hall–Kier alpha value is -2.88. The second kappa shape index (κ2) is 7.53. The van der Waals surface area contributed by atoms with Crippen molar-refractivity contribution in [2.75, 3.05) is 12.0 Å². The van der Waals surface area contributed by atoms with Crippen LogP contribution in [0.4, 0.5) is 10.5 Å². The summed E-state index contributed by atoms with van der Waals surface area (Å²) in [7, 11) is 0. The Morgan fingerprint density at radius 3 is 2.70 bits per heavy atom. The molecule has 0 unspecified atom stereocenters. The molecule has 7 nitrogen and oxygen atoms in total. The van der Waals surface area contributed by atoms with Gasteiger partial charge in [0.05, 0.1) is 12.3 Å². The number of hydrogen-bond donors (Lipinski definition) is 2. The van der Waals surface area contributed by atoms with Crippen molar-refractivity contribution < 1.29 is 14.3 Å². The van der Waals surface area contributed by atoms with Crippen LogP contribution in [0.15, 0.2) is 29.4 Å². The SMILES string of the molecule is CCOC(=O)NC(=O)C(C#N)=NNc1ccccc1C. The molecular weight excluding hydrogens is 260 g/mol. The first-order valence-electron chi connectivity index (χ1n) is 5.86. The van der Waals surface area contributed by atoms with Gasteiger partial charge in [-0.05, 0) is 25.5 Å². The van der Waals surface area contributed by atoms with Crippen LogP contribution in [0.3, 0.4) is 0 Å². The number of alkyl carbamates (subject to hydrolysis) is 1. The van der Waals surface area contributed by atoms with Crippen molar-refractivity contribution in [3.8, 4) is 6.07 Å². The summed E-state index contributed by atoms with van der Waals surface area (Å²) in [6.07, 6.45) is -0.920. The third-order valence-electron chi connectivity index (χ3n) is 2.25. The van der Waals surface area contributed by atoms with Crippen molar-refractivity contribution in [1.82, 2.24) is 5.32 Å². The van der Waals surface area contributed by atoms with E-state index in [1.807, 2.05) is 24.4 Å². The number of nitrogens with one attached hydrogen (secondary N) is 2. The summed E-state index contributed by atoms with van der Waals surface area (Å²) in [4.78, 5) is 22.6. The van der Waals surface area contributed by atoms with E-state index in [0.29, 0.717) is 5.69 Å². The van der Waals surface area contributed by atoms with Gasteiger partial charge in [0.2, 0.25) is 5.71 Å². The Labute approximate surface area is 116 Å². The van der Waals surface area contributed by atoms with Crippen molar-refractivity contribution in [1.29, 1.82) is 5.26 Å². The average Bonchev–Trinajstić information content (AvgIpc) is 2.41. The van der Waals surface area contributed by atoms with Crippen molar-refractivity contribution >= 4 is 23.4 Å². The number of hydrazone groups is 1. The van der Waals surface area contributed by atoms with Gasteiger partial charge in [-0.3, -0.25) is 15.5 Å². The Balaban J connectivity index is 2.73. The summed E-state index contributed by atoms with van der Waals surface area (Å²) in [5.74, 6) is -0.924. The molecule has 0 aliphatic heterocycles. The zero-order chi connectivity index (χ0) is 15.0. The maximum Gasteiger partial charge on any atom is 0.414 e. The Kier molecular flexibility index (Phi) is 5.72. The minimum atomic E-state index is -0.924. The number of nitrogens with zero attached hydrogens (tertiary/aromatic N) is 2. The number of amides is 2. The van der Waals surface area contributed by atoms with Gasteiger partial charge in [-0.15, -0.1) is 0 Å². The number of para-hydroxylation sites is 1. The molecule has 0 saturated carbocycles. The van der Waals surface area contributed by atoms with Crippen molar-refractivity contribution in [2.45, 2.75) is 13.8 Å². The highest BCUT2D eigenvalue weighted by atomic mass is 16.5. The highest BCUT2D eigenvalue weighted by Gasteiger charge is 2.15. The highest BCUT2D eigenvalue weighted by Crippen LogP contribution is 2.12. The molecule has 0 aromatic heterocycles. The summed E-state index contributed by atoms with van der Waals surface area (Å²) in [5, 5.41) is 14.4. The molecule has 0 bridgehead atoms. The molecule has 0 aliphatic carbocycles. The largest absolute Gasteiger partial charge is 0.450 e. The number of anilines is 1. The van der Waals surface area contributed by atoms with Crippen LogP contribution in [0.25, 0.3) is 0 Å². The lowest BCUT2D eigenvalue weighted by Crippen LogP contribution is -2.36. The first-order valence-corrected chi connectivity index (χ1v) is 5.86. The smallest absolute Gasteiger partial charge is 0.414 e. The second-order valence-corrected chi connectivity index (χ2v) is 3.67. The number of aryl methyl sites for hydroxylation is 1. The van der Waals surface area contributed by atoms with Crippen LogP contribution < -0.4 is 10.7 Å². The third-order valence-corrected chi connectivity index (χ3v) is 2.25. The van der Waals surface area contributed by atoms with Crippen molar-refractivity contribution in [3.63, 3.8) is 0 Å². The van der Waals surface area contributed by atoms with Gasteiger partial charge in [-0.2, -0.15) is 10.4 Å². The lowest BCUT2D eigenvalue weighted by molar-refractivity contribution is -0.114. The van der Waals surface area contributed by atoms with Crippen LogP contribution in [0.5, 0.6) is 0 Å². The summed E-state index contributed by atoms with van der Waals surface area (Å²) >= 11 is 0. The number of ether oxygens (including phenoxy) is 1. The van der Waals surface area contributed by atoms with E-state index in [0.717, 1.165) is 5.56 Å². The van der Waals surface area contributed by atoms with E-state index >= 15 is 0 Å². The molecule has 1 aromatic carbocycles. The zero-order valence-corrected chi connectivity index (χ0v) is 11.1. The number of carbonyl (C=O) groups is 2. The first-order chi connectivity index (χ1) is 9.58. The molecule has 7 heteroatoms. The van der Waals surface area contributed by atoms with Gasteiger partial charge in [0.1, 0.15) is 6.07 Å². The fourth-order valence-electron chi connectivity index (χ4n) is 1.26. The van der Waals surface area contributed by atoms with Gasteiger partial charge in [0.25, 0.3) is 5.91 Å². The standard InChI is InChI=1S/C13H14N4O3/c1-3-20-13(19)15-12(18)11(8-14)17-16-10-7-5-4-6-9(10)2/h4-7,16H,3H2,1-2H3,(H,15,18,19). The van der Waals surface area contributed by atoms with Gasteiger partial charge < -0.3 is 4.74 Å².